The topological polar surface area (TPSA) is 96.0 Å². The lowest BCUT2D eigenvalue weighted by atomic mass is 10.0. The van der Waals surface area contributed by atoms with Crippen LogP contribution >= 0.6 is 11.6 Å². The molecule has 0 aliphatic carbocycles. The Morgan fingerprint density at radius 2 is 1.60 bits per heavy atom. The van der Waals surface area contributed by atoms with Crippen molar-refractivity contribution in [2.24, 2.45) is 0 Å². The van der Waals surface area contributed by atoms with Gasteiger partial charge in [0.25, 0.3) is 0 Å². The third-order valence-electron chi connectivity index (χ3n) is 6.40. The number of hydrogen-bond donors (Lipinski definition) is 1. The summed E-state index contributed by atoms with van der Waals surface area (Å²) in [6.45, 7) is 2.12. The number of nitrogens with zero attached hydrogens (tertiary/aromatic N) is 2. The Morgan fingerprint density at radius 3 is 2.15 bits per heavy atom. The lowest BCUT2D eigenvalue weighted by Gasteiger charge is -2.33. The van der Waals surface area contributed by atoms with E-state index < -0.39 is 28.5 Å². The predicted octanol–water partition coefficient (Wildman–Crippen LogP) is 4.67. The number of carbonyl (C=O) groups excluding carboxylic acids is 2. The molecular formula is C30H36ClN3O5S. The van der Waals surface area contributed by atoms with Crippen molar-refractivity contribution in [3.05, 3.63) is 95.0 Å². The summed E-state index contributed by atoms with van der Waals surface area (Å²) in [6.07, 6.45) is 3.00. The van der Waals surface area contributed by atoms with Gasteiger partial charge in [-0.2, -0.15) is 0 Å². The Balaban J connectivity index is 2.02. The predicted molar refractivity (Wildman–Crippen MR) is 159 cm³/mol. The molecule has 10 heteroatoms. The number of sulfonamides is 1. The molecule has 1 atom stereocenters. The highest BCUT2D eigenvalue weighted by molar-refractivity contribution is 7.92. The molecule has 3 aromatic carbocycles. The molecule has 0 spiro atoms. The highest BCUT2D eigenvalue weighted by Crippen LogP contribution is 2.30. The highest BCUT2D eigenvalue weighted by Gasteiger charge is 2.33. The number of anilines is 1. The summed E-state index contributed by atoms with van der Waals surface area (Å²) in [7, 11) is -2.44. The Labute approximate surface area is 241 Å². The Kier molecular flexibility index (Phi) is 11.4. The van der Waals surface area contributed by atoms with E-state index in [1.807, 2.05) is 67.6 Å². The van der Waals surface area contributed by atoms with Crippen LogP contribution in [0.1, 0.15) is 30.9 Å². The van der Waals surface area contributed by atoms with Crippen LogP contribution in [-0.4, -0.2) is 57.6 Å². The maximum Gasteiger partial charge on any atom is 0.244 e. The van der Waals surface area contributed by atoms with Gasteiger partial charge >= 0.3 is 0 Å². The van der Waals surface area contributed by atoms with E-state index in [2.05, 4.69) is 5.32 Å². The van der Waals surface area contributed by atoms with Gasteiger partial charge in [-0.1, -0.05) is 85.6 Å². The highest BCUT2D eigenvalue weighted by atomic mass is 35.5. The van der Waals surface area contributed by atoms with Crippen molar-refractivity contribution in [1.82, 2.24) is 10.2 Å². The quantitative estimate of drug-likeness (QED) is 0.277. The molecule has 0 saturated carbocycles. The van der Waals surface area contributed by atoms with Crippen LogP contribution in [0.3, 0.4) is 0 Å². The van der Waals surface area contributed by atoms with Crippen molar-refractivity contribution in [3.8, 4) is 5.75 Å². The van der Waals surface area contributed by atoms with Crippen LogP contribution in [0.5, 0.6) is 5.75 Å². The van der Waals surface area contributed by atoms with E-state index in [9.17, 15) is 18.0 Å². The molecule has 2 amide bonds. The number of amides is 2. The number of nitrogens with one attached hydrogen (secondary N) is 1. The fourth-order valence-corrected chi connectivity index (χ4v) is 5.36. The van der Waals surface area contributed by atoms with Gasteiger partial charge in [0.1, 0.15) is 18.3 Å². The zero-order chi connectivity index (χ0) is 29.1. The average molecular weight is 586 g/mol. The minimum absolute atomic E-state index is 0.124. The van der Waals surface area contributed by atoms with E-state index >= 15 is 0 Å². The molecular weight excluding hydrogens is 550 g/mol. The molecule has 0 bridgehead atoms. The third-order valence-corrected chi connectivity index (χ3v) is 7.83. The molecule has 0 aromatic heterocycles. The Bertz CT molecular complexity index is 1370. The second kappa shape index (κ2) is 14.7. The standard InChI is InChI=1S/C30H36ClN3O5S/c1-4-5-18-32-30(36)27(19-23-12-8-6-9-13-23)33(21-24-14-10-7-11-15-24)29(35)22-34(40(3,37)38)25-16-17-28(39-2)26(31)20-25/h6-17,20,27H,4-5,18-19,21-22H2,1-3H3,(H,32,36)/t27-/m0/s1. The largest absolute Gasteiger partial charge is 0.495 e. The van der Waals surface area contributed by atoms with Crippen LogP contribution in [-0.2, 0) is 32.6 Å². The van der Waals surface area contributed by atoms with E-state index in [4.69, 9.17) is 16.3 Å². The van der Waals surface area contributed by atoms with Crippen LogP contribution in [0, 0.1) is 0 Å². The average Bonchev–Trinajstić information content (AvgIpc) is 2.94. The van der Waals surface area contributed by atoms with Crippen molar-refractivity contribution in [2.45, 2.75) is 38.8 Å². The van der Waals surface area contributed by atoms with E-state index in [0.29, 0.717) is 12.3 Å². The van der Waals surface area contributed by atoms with Crippen LogP contribution < -0.4 is 14.4 Å². The lowest BCUT2D eigenvalue weighted by Crippen LogP contribution is -2.53. The van der Waals surface area contributed by atoms with E-state index in [1.165, 1.54) is 24.1 Å². The first kappa shape index (κ1) is 31.0. The summed E-state index contributed by atoms with van der Waals surface area (Å²) in [5.41, 5.74) is 1.91. The molecule has 3 rings (SSSR count). The van der Waals surface area contributed by atoms with Crippen LogP contribution in [0.25, 0.3) is 0 Å². The van der Waals surface area contributed by atoms with Gasteiger partial charge in [0.05, 0.1) is 24.1 Å². The van der Waals surface area contributed by atoms with Gasteiger partial charge < -0.3 is 15.0 Å². The molecule has 214 valence electrons. The molecule has 0 saturated heterocycles. The van der Waals surface area contributed by atoms with Gasteiger partial charge in [0.2, 0.25) is 21.8 Å². The lowest BCUT2D eigenvalue weighted by molar-refractivity contribution is -0.140. The monoisotopic (exact) mass is 585 g/mol. The van der Waals surface area contributed by atoms with E-state index in [-0.39, 0.29) is 29.6 Å². The number of benzene rings is 3. The van der Waals surface area contributed by atoms with Crippen molar-refractivity contribution in [1.29, 1.82) is 0 Å². The summed E-state index contributed by atoms with van der Waals surface area (Å²) in [4.78, 5) is 29.1. The molecule has 8 nitrogen and oxygen atoms in total. The van der Waals surface area contributed by atoms with Gasteiger partial charge in [-0.15, -0.1) is 0 Å². The van der Waals surface area contributed by atoms with Crippen LogP contribution in [0.4, 0.5) is 5.69 Å². The van der Waals surface area contributed by atoms with Crippen LogP contribution in [0.2, 0.25) is 5.02 Å². The summed E-state index contributed by atoms with van der Waals surface area (Å²) >= 11 is 6.28. The Morgan fingerprint density at radius 1 is 0.975 bits per heavy atom. The second-order valence-corrected chi connectivity index (χ2v) is 11.8. The minimum Gasteiger partial charge on any atom is -0.495 e. The first-order valence-corrected chi connectivity index (χ1v) is 15.3. The normalized spacial score (nSPS) is 11.9. The molecule has 1 N–H and O–H groups in total. The van der Waals surface area contributed by atoms with Gasteiger partial charge in [-0.05, 0) is 35.7 Å². The number of carbonyl (C=O) groups is 2. The third kappa shape index (κ3) is 8.72. The van der Waals surface area contributed by atoms with Crippen molar-refractivity contribution in [2.75, 3.05) is 30.8 Å². The maximum atomic E-state index is 14.0. The summed E-state index contributed by atoms with van der Waals surface area (Å²) in [5, 5.41) is 3.17. The SMILES string of the molecule is CCCCNC(=O)[C@H](Cc1ccccc1)N(Cc1ccccc1)C(=O)CN(c1ccc(OC)c(Cl)c1)S(C)(=O)=O. The van der Waals surface area contributed by atoms with Crippen molar-refractivity contribution >= 4 is 39.1 Å². The van der Waals surface area contributed by atoms with Crippen molar-refractivity contribution in [3.63, 3.8) is 0 Å². The Hall–Kier alpha value is -3.56. The fourth-order valence-electron chi connectivity index (χ4n) is 4.26. The molecule has 0 unspecified atom stereocenters. The van der Waals surface area contributed by atoms with Gasteiger partial charge in [0.15, 0.2) is 0 Å². The molecule has 3 aromatic rings. The number of ether oxygens (including phenoxy) is 1. The van der Waals surface area contributed by atoms with Gasteiger partial charge in [-0.3, -0.25) is 13.9 Å². The van der Waals surface area contributed by atoms with Gasteiger partial charge in [0, 0.05) is 19.5 Å². The molecule has 0 aliphatic rings. The van der Waals surface area contributed by atoms with Gasteiger partial charge in [-0.25, -0.2) is 8.42 Å². The summed E-state index contributed by atoms with van der Waals surface area (Å²) in [6, 6.07) is 22.4. The first-order chi connectivity index (χ1) is 19.1. The number of rotatable bonds is 14. The molecule has 0 fully saturated rings. The zero-order valence-corrected chi connectivity index (χ0v) is 24.6. The molecule has 0 heterocycles. The number of methoxy groups -OCH3 is 1. The molecule has 0 aliphatic heterocycles. The van der Waals surface area contributed by atoms with Crippen molar-refractivity contribution < 1.29 is 22.7 Å². The minimum atomic E-state index is -3.89. The van der Waals surface area contributed by atoms with Crippen LogP contribution in [0.15, 0.2) is 78.9 Å². The van der Waals surface area contributed by atoms with E-state index in [0.717, 1.165) is 34.5 Å². The number of halogens is 1. The first-order valence-electron chi connectivity index (χ1n) is 13.1. The smallest absolute Gasteiger partial charge is 0.244 e. The number of hydrogen-bond acceptors (Lipinski definition) is 5. The molecule has 40 heavy (non-hydrogen) atoms. The second-order valence-electron chi connectivity index (χ2n) is 9.45. The summed E-state index contributed by atoms with van der Waals surface area (Å²) < 4.78 is 31.9. The molecule has 0 radical (unpaired) electrons. The summed E-state index contributed by atoms with van der Waals surface area (Å²) in [5.74, 6) is -0.435. The van der Waals surface area contributed by atoms with E-state index in [1.54, 1.807) is 6.07 Å². The number of unbranched alkanes of at least 4 members (excludes halogenated alkanes) is 1. The fraction of sp³-hybridized carbons (Fsp3) is 0.333. The zero-order valence-electron chi connectivity index (χ0n) is 23.0. The maximum absolute atomic E-state index is 14.0.